The van der Waals surface area contributed by atoms with Crippen LogP contribution < -0.4 is 0 Å². The van der Waals surface area contributed by atoms with Crippen LogP contribution in [0.25, 0.3) is 0 Å². The molecule has 1 heteroatoms. The Balaban J connectivity index is 2.57. The summed E-state index contributed by atoms with van der Waals surface area (Å²) in [4.78, 5) is 0. The highest BCUT2D eigenvalue weighted by atomic mass is 16.5. The van der Waals surface area contributed by atoms with E-state index in [2.05, 4.69) is 57.7 Å². The molecule has 0 amide bonds. The molecule has 0 aliphatic carbocycles. The van der Waals surface area contributed by atoms with Crippen LogP contribution >= 0.6 is 0 Å². The van der Waals surface area contributed by atoms with Gasteiger partial charge in [0.25, 0.3) is 0 Å². The van der Waals surface area contributed by atoms with Crippen LogP contribution in [0.1, 0.15) is 39.7 Å². The number of ether oxygens (including phenoxy) is 1. The Labute approximate surface area is 106 Å². The van der Waals surface area contributed by atoms with E-state index in [1.165, 1.54) is 5.56 Å². The lowest BCUT2D eigenvalue weighted by Gasteiger charge is -2.28. The van der Waals surface area contributed by atoms with Gasteiger partial charge in [-0.1, -0.05) is 56.3 Å². The SMILES string of the molecule is C=C(C)COC(C)CC(C)(C)c1ccccc1. The van der Waals surface area contributed by atoms with Crippen LogP contribution in [0.2, 0.25) is 0 Å². The van der Waals surface area contributed by atoms with Crippen molar-refractivity contribution < 1.29 is 4.74 Å². The maximum absolute atomic E-state index is 5.76. The first kappa shape index (κ1) is 14.0. The minimum absolute atomic E-state index is 0.149. The Hall–Kier alpha value is -1.08. The van der Waals surface area contributed by atoms with E-state index in [0.29, 0.717) is 6.61 Å². The smallest absolute Gasteiger partial charge is 0.0675 e. The third kappa shape index (κ3) is 4.74. The first-order chi connectivity index (χ1) is 7.92. The van der Waals surface area contributed by atoms with Gasteiger partial charge in [-0.3, -0.25) is 0 Å². The van der Waals surface area contributed by atoms with Gasteiger partial charge >= 0.3 is 0 Å². The van der Waals surface area contributed by atoms with Crippen molar-refractivity contribution in [2.45, 2.75) is 45.6 Å². The highest BCUT2D eigenvalue weighted by Crippen LogP contribution is 2.29. The second-order valence-corrected chi connectivity index (χ2v) is 5.53. The van der Waals surface area contributed by atoms with Gasteiger partial charge in [-0.2, -0.15) is 0 Å². The summed E-state index contributed by atoms with van der Waals surface area (Å²) in [6.45, 7) is 13.2. The quantitative estimate of drug-likeness (QED) is 0.663. The molecule has 1 nitrogen and oxygen atoms in total. The van der Waals surface area contributed by atoms with Crippen molar-refractivity contribution in [1.29, 1.82) is 0 Å². The van der Waals surface area contributed by atoms with Gasteiger partial charge in [0.1, 0.15) is 0 Å². The maximum Gasteiger partial charge on any atom is 0.0675 e. The second-order valence-electron chi connectivity index (χ2n) is 5.53. The molecule has 0 saturated heterocycles. The molecule has 0 saturated carbocycles. The van der Waals surface area contributed by atoms with Crippen molar-refractivity contribution in [2.24, 2.45) is 0 Å². The molecule has 1 rings (SSSR count). The molecule has 94 valence electrons. The fourth-order valence-corrected chi connectivity index (χ4v) is 2.07. The Morgan fingerprint density at radius 2 is 1.88 bits per heavy atom. The average Bonchev–Trinajstić information content (AvgIpc) is 2.27. The molecule has 0 bridgehead atoms. The molecule has 0 spiro atoms. The first-order valence-corrected chi connectivity index (χ1v) is 6.23. The van der Waals surface area contributed by atoms with Gasteiger partial charge in [0.15, 0.2) is 0 Å². The van der Waals surface area contributed by atoms with Crippen molar-refractivity contribution in [3.8, 4) is 0 Å². The molecule has 1 aromatic rings. The number of rotatable bonds is 6. The molecule has 0 aliphatic heterocycles. The van der Waals surface area contributed by atoms with Gasteiger partial charge in [0, 0.05) is 0 Å². The summed E-state index contributed by atoms with van der Waals surface area (Å²) in [5, 5.41) is 0. The monoisotopic (exact) mass is 232 g/mol. The summed E-state index contributed by atoms with van der Waals surface area (Å²) in [5.41, 5.74) is 2.59. The molecule has 0 aromatic heterocycles. The zero-order chi connectivity index (χ0) is 12.9. The Kier molecular flexibility index (Phi) is 4.95. The van der Waals surface area contributed by atoms with Crippen molar-refractivity contribution >= 4 is 0 Å². The minimum Gasteiger partial charge on any atom is -0.374 e. The van der Waals surface area contributed by atoms with Gasteiger partial charge in [-0.25, -0.2) is 0 Å². The van der Waals surface area contributed by atoms with Crippen LogP contribution in [0.4, 0.5) is 0 Å². The van der Waals surface area contributed by atoms with Gasteiger partial charge in [0.2, 0.25) is 0 Å². The lowest BCUT2D eigenvalue weighted by Crippen LogP contribution is -2.25. The summed E-state index contributed by atoms with van der Waals surface area (Å²) < 4.78 is 5.76. The van der Waals surface area contributed by atoms with E-state index in [9.17, 15) is 0 Å². The van der Waals surface area contributed by atoms with Crippen LogP contribution in [0, 0.1) is 0 Å². The topological polar surface area (TPSA) is 9.23 Å². The highest BCUT2D eigenvalue weighted by Gasteiger charge is 2.23. The van der Waals surface area contributed by atoms with Gasteiger partial charge < -0.3 is 4.74 Å². The van der Waals surface area contributed by atoms with Crippen LogP contribution in [0.5, 0.6) is 0 Å². The minimum atomic E-state index is 0.149. The summed E-state index contributed by atoms with van der Waals surface area (Å²) in [7, 11) is 0. The average molecular weight is 232 g/mol. The fraction of sp³-hybridized carbons (Fsp3) is 0.500. The van der Waals surface area contributed by atoms with Gasteiger partial charge in [0.05, 0.1) is 12.7 Å². The van der Waals surface area contributed by atoms with E-state index in [0.717, 1.165) is 12.0 Å². The third-order valence-corrected chi connectivity index (χ3v) is 2.97. The fourth-order valence-electron chi connectivity index (χ4n) is 2.07. The molecular formula is C16H24O. The highest BCUT2D eigenvalue weighted by molar-refractivity contribution is 5.23. The van der Waals surface area contributed by atoms with Crippen molar-refractivity contribution in [3.63, 3.8) is 0 Å². The predicted molar refractivity (Wildman–Crippen MR) is 74.3 cm³/mol. The normalized spacial score (nSPS) is 13.4. The standard InChI is InChI=1S/C16H24O/c1-13(2)12-17-14(3)11-16(4,5)15-9-7-6-8-10-15/h6-10,14H,1,11-12H2,2-5H3. The zero-order valence-corrected chi connectivity index (χ0v) is 11.5. The van der Waals surface area contributed by atoms with Crippen LogP contribution in [-0.4, -0.2) is 12.7 Å². The lowest BCUT2D eigenvalue weighted by atomic mass is 9.80. The van der Waals surface area contributed by atoms with Gasteiger partial charge in [-0.15, -0.1) is 0 Å². The number of hydrogen-bond acceptors (Lipinski definition) is 1. The Morgan fingerprint density at radius 1 is 1.29 bits per heavy atom. The molecular weight excluding hydrogens is 208 g/mol. The zero-order valence-electron chi connectivity index (χ0n) is 11.5. The summed E-state index contributed by atoms with van der Waals surface area (Å²) in [5.74, 6) is 0. The Bertz CT molecular complexity index is 351. The number of hydrogen-bond donors (Lipinski definition) is 0. The molecule has 0 N–H and O–H groups in total. The third-order valence-electron chi connectivity index (χ3n) is 2.97. The maximum atomic E-state index is 5.76. The molecule has 0 heterocycles. The van der Waals surface area contributed by atoms with E-state index in [1.54, 1.807) is 0 Å². The van der Waals surface area contributed by atoms with Crippen LogP contribution in [-0.2, 0) is 10.2 Å². The molecule has 1 unspecified atom stereocenters. The van der Waals surface area contributed by atoms with Crippen molar-refractivity contribution in [2.75, 3.05) is 6.61 Å². The lowest BCUT2D eigenvalue weighted by molar-refractivity contribution is 0.0625. The molecule has 17 heavy (non-hydrogen) atoms. The van der Waals surface area contributed by atoms with Crippen LogP contribution in [0.15, 0.2) is 42.5 Å². The summed E-state index contributed by atoms with van der Waals surface area (Å²) in [6.07, 6.45) is 1.27. The summed E-state index contributed by atoms with van der Waals surface area (Å²) >= 11 is 0. The van der Waals surface area contributed by atoms with Gasteiger partial charge in [-0.05, 0) is 31.2 Å². The van der Waals surface area contributed by atoms with Crippen molar-refractivity contribution in [3.05, 3.63) is 48.0 Å². The van der Waals surface area contributed by atoms with E-state index in [1.807, 2.05) is 6.92 Å². The molecule has 0 radical (unpaired) electrons. The Morgan fingerprint density at radius 3 is 2.41 bits per heavy atom. The van der Waals surface area contributed by atoms with Crippen molar-refractivity contribution in [1.82, 2.24) is 0 Å². The number of benzene rings is 1. The molecule has 1 aromatic carbocycles. The van der Waals surface area contributed by atoms with E-state index < -0.39 is 0 Å². The molecule has 0 aliphatic rings. The second kappa shape index (κ2) is 6.02. The molecule has 1 atom stereocenters. The largest absolute Gasteiger partial charge is 0.374 e. The van der Waals surface area contributed by atoms with Crippen LogP contribution in [0.3, 0.4) is 0 Å². The predicted octanol–water partition coefficient (Wildman–Crippen LogP) is 4.34. The summed E-state index contributed by atoms with van der Waals surface area (Å²) in [6, 6.07) is 10.6. The van der Waals surface area contributed by atoms with E-state index in [4.69, 9.17) is 4.74 Å². The molecule has 0 fully saturated rings. The first-order valence-electron chi connectivity index (χ1n) is 6.23. The van der Waals surface area contributed by atoms with E-state index >= 15 is 0 Å². The van der Waals surface area contributed by atoms with E-state index in [-0.39, 0.29) is 11.5 Å².